The Bertz CT molecular complexity index is 606. The van der Waals surface area contributed by atoms with Crippen molar-refractivity contribution in [2.45, 2.75) is 13.3 Å². The molecule has 2 aromatic rings. The fraction of sp³-hybridized carbons (Fsp3) is 0.231. The van der Waals surface area contributed by atoms with Gasteiger partial charge >= 0.3 is 0 Å². The number of benzene rings is 1. The number of anilines is 3. The summed E-state index contributed by atoms with van der Waals surface area (Å²) in [5, 5.41) is 16.5. The van der Waals surface area contributed by atoms with Crippen molar-refractivity contribution in [3.05, 3.63) is 35.7 Å². The van der Waals surface area contributed by atoms with Crippen LogP contribution in [0.2, 0.25) is 0 Å². The molecule has 0 unspecified atom stereocenters. The van der Waals surface area contributed by atoms with E-state index < -0.39 is 0 Å². The van der Waals surface area contributed by atoms with Gasteiger partial charge in [0.05, 0.1) is 28.3 Å². The number of nitrogens with two attached hydrogens (primary N) is 1. The summed E-state index contributed by atoms with van der Waals surface area (Å²) in [6, 6.07) is 7.42. The molecular formula is C13H15N5. The zero-order valence-electron chi connectivity index (χ0n) is 10.4. The molecule has 0 spiro atoms. The minimum absolute atomic E-state index is 0.464. The zero-order chi connectivity index (χ0) is 13.1. The van der Waals surface area contributed by atoms with Crippen LogP contribution in [0, 0.1) is 11.3 Å². The van der Waals surface area contributed by atoms with Crippen LogP contribution in [-0.2, 0) is 13.5 Å². The Morgan fingerprint density at radius 2 is 2.22 bits per heavy atom. The van der Waals surface area contributed by atoms with Crippen LogP contribution in [0.25, 0.3) is 0 Å². The van der Waals surface area contributed by atoms with Gasteiger partial charge in [-0.25, -0.2) is 0 Å². The van der Waals surface area contributed by atoms with Crippen LogP contribution < -0.4 is 11.1 Å². The molecule has 0 amide bonds. The van der Waals surface area contributed by atoms with Crippen molar-refractivity contribution in [3.8, 4) is 6.07 Å². The van der Waals surface area contributed by atoms with Gasteiger partial charge in [0, 0.05) is 13.2 Å². The first kappa shape index (κ1) is 12.0. The summed E-state index contributed by atoms with van der Waals surface area (Å²) in [7, 11) is 1.87. The summed E-state index contributed by atoms with van der Waals surface area (Å²) < 4.78 is 1.76. The summed E-state index contributed by atoms with van der Waals surface area (Å²) in [6.45, 7) is 2.04. The van der Waals surface area contributed by atoms with Gasteiger partial charge in [-0.1, -0.05) is 13.0 Å². The highest BCUT2D eigenvalue weighted by molar-refractivity contribution is 5.77. The third-order valence-corrected chi connectivity index (χ3v) is 2.74. The molecule has 0 saturated carbocycles. The van der Waals surface area contributed by atoms with Crippen molar-refractivity contribution in [1.29, 1.82) is 5.26 Å². The lowest BCUT2D eigenvalue weighted by Gasteiger charge is -2.09. The number of aromatic nitrogens is 2. The van der Waals surface area contributed by atoms with Gasteiger partial charge in [-0.2, -0.15) is 10.4 Å². The highest BCUT2D eigenvalue weighted by Gasteiger charge is 2.09. The average molecular weight is 241 g/mol. The SMILES string of the molecule is CCc1nn(C)cc1Nc1cccc(C#N)c1N. The van der Waals surface area contributed by atoms with Gasteiger partial charge in [0.15, 0.2) is 0 Å². The molecular weight excluding hydrogens is 226 g/mol. The number of nitrogens with zero attached hydrogens (tertiary/aromatic N) is 3. The summed E-state index contributed by atoms with van der Waals surface area (Å²) in [4.78, 5) is 0. The van der Waals surface area contributed by atoms with Crippen LogP contribution in [0.4, 0.5) is 17.1 Å². The highest BCUT2D eigenvalue weighted by Crippen LogP contribution is 2.27. The van der Waals surface area contributed by atoms with Crippen molar-refractivity contribution in [2.24, 2.45) is 7.05 Å². The number of rotatable bonds is 3. The Morgan fingerprint density at radius 3 is 2.89 bits per heavy atom. The second kappa shape index (κ2) is 4.80. The molecule has 3 N–H and O–H groups in total. The van der Waals surface area contributed by atoms with Gasteiger partial charge < -0.3 is 11.1 Å². The standard InChI is InChI=1S/C13H15N5/c1-3-10-12(8-18(2)17-10)16-11-6-4-5-9(7-14)13(11)15/h4-6,8,16H,3,15H2,1-2H3. The first-order valence-corrected chi connectivity index (χ1v) is 5.73. The van der Waals surface area contributed by atoms with E-state index in [1.807, 2.05) is 26.2 Å². The predicted molar refractivity (Wildman–Crippen MR) is 71.4 cm³/mol. The normalized spacial score (nSPS) is 10.1. The van der Waals surface area contributed by atoms with Crippen molar-refractivity contribution in [2.75, 3.05) is 11.1 Å². The maximum atomic E-state index is 8.94. The van der Waals surface area contributed by atoms with Gasteiger partial charge in [-0.15, -0.1) is 0 Å². The highest BCUT2D eigenvalue weighted by atomic mass is 15.3. The van der Waals surface area contributed by atoms with E-state index in [0.717, 1.165) is 23.5 Å². The van der Waals surface area contributed by atoms with E-state index in [-0.39, 0.29) is 0 Å². The van der Waals surface area contributed by atoms with Crippen molar-refractivity contribution >= 4 is 17.1 Å². The lowest BCUT2D eigenvalue weighted by atomic mass is 10.1. The van der Waals surface area contributed by atoms with Crippen LogP contribution in [0.5, 0.6) is 0 Å². The Kier molecular flexibility index (Phi) is 3.20. The topological polar surface area (TPSA) is 79.7 Å². The molecule has 5 heteroatoms. The van der Waals surface area contributed by atoms with Gasteiger partial charge in [-0.05, 0) is 18.6 Å². The molecule has 1 heterocycles. The monoisotopic (exact) mass is 241 g/mol. The largest absolute Gasteiger partial charge is 0.396 e. The Morgan fingerprint density at radius 1 is 1.44 bits per heavy atom. The molecule has 0 fully saturated rings. The number of aryl methyl sites for hydroxylation is 2. The summed E-state index contributed by atoms with van der Waals surface area (Å²) in [6.07, 6.45) is 2.73. The summed E-state index contributed by atoms with van der Waals surface area (Å²) >= 11 is 0. The number of nitrogens with one attached hydrogen (secondary N) is 1. The van der Waals surface area contributed by atoms with E-state index in [1.54, 1.807) is 16.8 Å². The van der Waals surface area contributed by atoms with E-state index >= 15 is 0 Å². The van der Waals surface area contributed by atoms with E-state index in [1.165, 1.54) is 0 Å². The fourth-order valence-corrected chi connectivity index (χ4v) is 1.82. The molecule has 1 aromatic heterocycles. The predicted octanol–water partition coefficient (Wildman–Crippen LogP) is 2.18. The molecule has 0 aliphatic heterocycles. The second-order valence-corrected chi connectivity index (χ2v) is 4.02. The van der Waals surface area contributed by atoms with Crippen molar-refractivity contribution in [3.63, 3.8) is 0 Å². The van der Waals surface area contributed by atoms with Crippen LogP contribution in [0.15, 0.2) is 24.4 Å². The molecule has 0 saturated heterocycles. The Balaban J connectivity index is 2.37. The second-order valence-electron chi connectivity index (χ2n) is 4.02. The van der Waals surface area contributed by atoms with Crippen LogP contribution >= 0.6 is 0 Å². The molecule has 92 valence electrons. The minimum Gasteiger partial charge on any atom is -0.396 e. The van der Waals surface area contributed by atoms with E-state index in [9.17, 15) is 0 Å². The number of hydrogen-bond donors (Lipinski definition) is 2. The Labute approximate surface area is 106 Å². The lowest BCUT2D eigenvalue weighted by molar-refractivity contribution is 0.746. The van der Waals surface area contributed by atoms with Crippen LogP contribution in [-0.4, -0.2) is 9.78 Å². The number of nitriles is 1. The van der Waals surface area contributed by atoms with Crippen molar-refractivity contribution < 1.29 is 0 Å². The third-order valence-electron chi connectivity index (χ3n) is 2.74. The van der Waals surface area contributed by atoms with Crippen LogP contribution in [0.3, 0.4) is 0 Å². The third kappa shape index (κ3) is 2.13. The van der Waals surface area contributed by atoms with Gasteiger partial charge in [-0.3, -0.25) is 4.68 Å². The molecule has 18 heavy (non-hydrogen) atoms. The first-order chi connectivity index (χ1) is 8.65. The molecule has 2 rings (SSSR count). The first-order valence-electron chi connectivity index (χ1n) is 5.73. The quantitative estimate of drug-likeness (QED) is 0.807. The minimum atomic E-state index is 0.464. The van der Waals surface area contributed by atoms with Gasteiger partial charge in [0.1, 0.15) is 6.07 Å². The average Bonchev–Trinajstić information content (AvgIpc) is 2.72. The summed E-state index contributed by atoms with van der Waals surface area (Å²) in [5.41, 5.74) is 9.49. The lowest BCUT2D eigenvalue weighted by Crippen LogP contribution is -1.99. The fourth-order valence-electron chi connectivity index (χ4n) is 1.82. The molecule has 0 radical (unpaired) electrons. The van der Waals surface area contributed by atoms with E-state index in [4.69, 9.17) is 11.0 Å². The number of hydrogen-bond acceptors (Lipinski definition) is 4. The Hall–Kier alpha value is -2.48. The molecule has 0 aliphatic rings. The maximum Gasteiger partial charge on any atom is 0.101 e. The molecule has 0 bridgehead atoms. The van der Waals surface area contributed by atoms with E-state index in [0.29, 0.717) is 11.3 Å². The molecule has 0 aliphatic carbocycles. The molecule has 1 aromatic carbocycles. The smallest absolute Gasteiger partial charge is 0.101 e. The number of nitrogen functional groups attached to an aromatic ring is 1. The maximum absolute atomic E-state index is 8.94. The molecule has 5 nitrogen and oxygen atoms in total. The number of para-hydroxylation sites is 1. The zero-order valence-corrected chi connectivity index (χ0v) is 10.4. The molecule has 0 atom stereocenters. The van der Waals surface area contributed by atoms with Gasteiger partial charge in [0.2, 0.25) is 0 Å². The van der Waals surface area contributed by atoms with E-state index in [2.05, 4.69) is 16.5 Å². The van der Waals surface area contributed by atoms with Gasteiger partial charge in [0.25, 0.3) is 0 Å². The van der Waals surface area contributed by atoms with Crippen LogP contribution in [0.1, 0.15) is 18.2 Å². The van der Waals surface area contributed by atoms with Crippen molar-refractivity contribution in [1.82, 2.24) is 9.78 Å². The summed E-state index contributed by atoms with van der Waals surface area (Å²) in [5.74, 6) is 0.